The van der Waals surface area contributed by atoms with Gasteiger partial charge in [0.15, 0.2) is 6.10 Å². The summed E-state index contributed by atoms with van der Waals surface area (Å²) in [6.07, 6.45) is -13.7. The summed E-state index contributed by atoms with van der Waals surface area (Å²) in [5.74, 6) is -4.83. The van der Waals surface area contributed by atoms with Crippen LogP contribution < -0.4 is 9.47 Å². The number of nitrogens with zero attached hydrogens (tertiary/aromatic N) is 2. The van der Waals surface area contributed by atoms with Crippen molar-refractivity contribution in [1.82, 2.24) is 9.78 Å². The minimum Gasteiger partial charge on any atom is -0.497 e. The summed E-state index contributed by atoms with van der Waals surface area (Å²) in [7, 11) is 1.29. The highest BCUT2D eigenvalue weighted by Gasteiger charge is 2.56. The maximum absolute atomic E-state index is 14.6. The molecule has 10 nitrogen and oxygen atoms in total. The third-order valence-electron chi connectivity index (χ3n) is 5.53. The molecule has 5 atom stereocenters. The van der Waals surface area contributed by atoms with E-state index in [-0.39, 0.29) is 11.3 Å². The molecule has 1 aliphatic heterocycles. The first kappa shape index (κ1) is 27.1. The predicted octanol–water partition coefficient (Wildman–Crippen LogP) is 0.720. The average Bonchev–Trinajstić information content (AvgIpc) is 3.14. The molecule has 0 spiro atoms. The number of ether oxygens (including phenoxy) is 3. The van der Waals surface area contributed by atoms with E-state index >= 15 is 0 Å². The van der Waals surface area contributed by atoms with Gasteiger partial charge in [0.25, 0.3) is 0 Å². The zero-order valence-corrected chi connectivity index (χ0v) is 18.9. The molecule has 0 amide bonds. The van der Waals surface area contributed by atoms with Gasteiger partial charge < -0.3 is 39.7 Å². The fourth-order valence-corrected chi connectivity index (χ4v) is 3.70. The minimum atomic E-state index is -4.99. The third-order valence-corrected chi connectivity index (χ3v) is 5.53. The Balaban J connectivity index is 2.14. The number of aliphatic hydroxyl groups excluding tert-OH is 4. The van der Waals surface area contributed by atoms with Crippen LogP contribution in [0.15, 0.2) is 18.2 Å². The van der Waals surface area contributed by atoms with Crippen LogP contribution in [0.4, 0.5) is 17.6 Å². The minimum absolute atomic E-state index is 0.132. The van der Waals surface area contributed by atoms with Gasteiger partial charge in [0.1, 0.15) is 35.6 Å². The molecule has 2 heterocycles. The van der Waals surface area contributed by atoms with Crippen LogP contribution in [0.3, 0.4) is 0 Å². The molecule has 5 N–H and O–H groups in total. The molecule has 1 aromatic heterocycles. The zero-order chi connectivity index (χ0) is 26.3. The Labute approximate surface area is 196 Å². The van der Waals surface area contributed by atoms with E-state index in [2.05, 4.69) is 5.10 Å². The van der Waals surface area contributed by atoms with Gasteiger partial charge in [0.2, 0.25) is 5.88 Å². The number of methoxy groups -OCH3 is 1. The Hall–Kier alpha value is -2.49. The number of hydrogen-bond donors (Lipinski definition) is 5. The molecule has 35 heavy (non-hydrogen) atoms. The molecule has 0 saturated carbocycles. The standard InChI is InChI=1S/C21H26F4N2O8/c1-9(2)27-17(20(23,24)25)12(6-10-4-5-11(33-3)7-13(10)22)19(26-27)35-21(32)18(31)16(30)15(29)14(8-28)34-21/h4-5,7,9,14-16,18,28-32H,6,8H2,1-3H3/t14-,15-,16+,18-,21+/m1/s1. The first-order chi connectivity index (χ1) is 16.2. The molecular formula is C21H26F4N2O8. The Morgan fingerprint density at radius 1 is 1.20 bits per heavy atom. The lowest BCUT2D eigenvalue weighted by atomic mass is 9.98. The molecule has 2 aromatic rings. The summed E-state index contributed by atoms with van der Waals surface area (Å²) >= 11 is 0. The molecule has 0 unspecified atom stereocenters. The van der Waals surface area contributed by atoms with Gasteiger partial charge in [-0.2, -0.15) is 13.2 Å². The van der Waals surface area contributed by atoms with Crippen LogP contribution in [0.1, 0.15) is 36.7 Å². The predicted molar refractivity (Wildman–Crippen MR) is 109 cm³/mol. The lowest BCUT2D eigenvalue weighted by molar-refractivity contribution is -0.423. The van der Waals surface area contributed by atoms with Gasteiger partial charge in [-0.05, 0) is 25.5 Å². The van der Waals surface area contributed by atoms with Gasteiger partial charge in [-0.15, -0.1) is 5.10 Å². The van der Waals surface area contributed by atoms with Crippen molar-refractivity contribution in [2.75, 3.05) is 13.7 Å². The Morgan fingerprint density at radius 3 is 2.37 bits per heavy atom. The molecule has 196 valence electrons. The van der Waals surface area contributed by atoms with Crippen molar-refractivity contribution in [3.63, 3.8) is 0 Å². The topological polar surface area (TPSA) is 147 Å². The summed E-state index contributed by atoms with van der Waals surface area (Å²) in [5, 5.41) is 54.0. The van der Waals surface area contributed by atoms with E-state index in [4.69, 9.17) is 14.2 Å². The monoisotopic (exact) mass is 510 g/mol. The van der Waals surface area contributed by atoms with Crippen molar-refractivity contribution in [3.05, 3.63) is 40.8 Å². The van der Waals surface area contributed by atoms with Crippen molar-refractivity contribution in [1.29, 1.82) is 0 Å². The molecular weight excluding hydrogens is 484 g/mol. The smallest absolute Gasteiger partial charge is 0.433 e. The molecule has 14 heteroatoms. The van der Waals surface area contributed by atoms with E-state index in [1.54, 1.807) is 0 Å². The molecule has 0 bridgehead atoms. The quantitative estimate of drug-likeness (QED) is 0.269. The summed E-state index contributed by atoms with van der Waals surface area (Å²) in [6.45, 7) is 1.85. The van der Waals surface area contributed by atoms with Crippen molar-refractivity contribution in [2.24, 2.45) is 0 Å². The lowest BCUT2D eigenvalue weighted by Crippen LogP contribution is -2.67. The molecule has 1 aromatic carbocycles. The number of rotatable bonds is 7. The van der Waals surface area contributed by atoms with Gasteiger partial charge >= 0.3 is 12.1 Å². The summed E-state index contributed by atoms with van der Waals surface area (Å²) in [5.41, 5.74) is -2.18. The molecule has 3 rings (SSSR count). The highest BCUT2D eigenvalue weighted by molar-refractivity contribution is 5.40. The summed E-state index contributed by atoms with van der Waals surface area (Å²) < 4.78 is 72.5. The van der Waals surface area contributed by atoms with E-state index in [1.807, 2.05) is 0 Å². The highest BCUT2D eigenvalue weighted by Crippen LogP contribution is 2.41. The number of benzene rings is 1. The fraction of sp³-hybridized carbons (Fsp3) is 0.571. The number of hydrogen-bond acceptors (Lipinski definition) is 9. The van der Waals surface area contributed by atoms with Gasteiger partial charge in [-0.1, -0.05) is 6.07 Å². The van der Waals surface area contributed by atoms with E-state index in [1.165, 1.54) is 33.1 Å². The maximum atomic E-state index is 14.6. The molecule has 0 radical (unpaired) electrons. The molecule has 0 aliphatic carbocycles. The highest BCUT2D eigenvalue weighted by atomic mass is 19.4. The van der Waals surface area contributed by atoms with Crippen molar-refractivity contribution < 1.29 is 57.3 Å². The largest absolute Gasteiger partial charge is 0.497 e. The van der Waals surface area contributed by atoms with Crippen LogP contribution >= 0.6 is 0 Å². The Kier molecular flexibility index (Phi) is 7.64. The van der Waals surface area contributed by atoms with Gasteiger partial charge in [-0.3, -0.25) is 4.68 Å². The van der Waals surface area contributed by atoms with Crippen molar-refractivity contribution in [3.8, 4) is 11.6 Å². The second-order valence-corrected chi connectivity index (χ2v) is 8.30. The lowest BCUT2D eigenvalue weighted by Gasteiger charge is -2.43. The van der Waals surface area contributed by atoms with E-state index in [0.717, 1.165) is 6.07 Å². The number of aromatic nitrogens is 2. The number of alkyl halides is 3. The Morgan fingerprint density at radius 2 is 1.86 bits per heavy atom. The normalized spacial score (nSPS) is 27.3. The number of aliphatic hydroxyl groups is 5. The van der Waals surface area contributed by atoms with Gasteiger partial charge in [-0.25, -0.2) is 4.39 Å². The number of halogens is 4. The van der Waals surface area contributed by atoms with Crippen LogP contribution in [-0.4, -0.2) is 79.4 Å². The Bertz CT molecular complexity index is 1050. The van der Waals surface area contributed by atoms with E-state index in [0.29, 0.717) is 4.68 Å². The SMILES string of the molecule is COc1ccc(Cc2c(O[C@@]3(O)O[C@H](CO)[C@@H](O)[C@H](O)[C@H]3O)nn(C(C)C)c2C(F)(F)F)c(F)c1. The second-order valence-electron chi connectivity index (χ2n) is 8.30. The first-order valence-corrected chi connectivity index (χ1v) is 10.5. The van der Waals surface area contributed by atoms with Crippen LogP contribution in [-0.2, 0) is 17.3 Å². The van der Waals surface area contributed by atoms with Crippen LogP contribution in [0.25, 0.3) is 0 Å². The molecule has 1 fully saturated rings. The average molecular weight is 510 g/mol. The van der Waals surface area contributed by atoms with Gasteiger partial charge in [0.05, 0.1) is 19.3 Å². The van der Waals surface area contributed by atoms with Crippen LogP contribution in [0.2, 0.25) is 0 Å². The zero-order valence-electron chi connectivity index (χ0n) is 18.9. The van der Waals surface area contributed by atoms with Crippen LogP contribution in [0, 0.1) is 5.82 Å². The fourth-order valence-electron chi connectivity index (χ4n) is 3.70. The van der Waals surface area contributed by atoms with E-state index in [9.17, 15) is 43.1 Å². The first-order valence-electron chi connectivity index (χ1n) is 10.5. The van der Waals surface area contributed by atoms with E-state index < -0.39 is 78.6 Å². The maximum Gasteiger partial charge on any atom is 0.433 e. The third kappa shape index (κ3) is 5.22. The van der Waals surface area contributed by atoms with Gasteiger partial charge in [0, 0.05) is 18.5 Å². The molecule has 1 aliphatic rings. The van der Waals surface area contributed by atoms with Crippen molar-refractivity contribution in [2.45, 2.75) is 62.9 Å². The summed E-state index contributed by atoms with van der Waals surface area (Å²) in [4.78, 5) is 0. The summed E-state index contributed by atoms with van der Waals surface area (Å²) in [6, 6.07) is 2.64. The van der Waals surface area contributed by atoms with Crippen molar-refractivity contribution >= 4 is 0 Å². The second kappa shape index (κ2) is 9.87. The molecule has 1 saturated heterocycles. The van der Waals surface area contributed by atoms with Crippen LogP contribution in [0.5, 0.6) is 11.6 Å².